The van der Waals surface area contributed by atoms with E-state index in [4.69, 9.17) is 25.2 Å². The molecule has 0 spiro atoms. The second-order valence-corrected chi connectivity index (χ2v) is 10.4. The first-order valence-electron chi connectivity index (χ1n) is 12.2. The highest BCUT2D eigenvalue weighted by molar-refractivity contribution is 7.99. The Labute approximate surface area is 227 Å². The van der Waals surface area contributed by atoms with E-state index >= 15 is 0 Å². The standard InChI is InChI=1S/C26H27FN6O3S2/c1-3-35-21-10-17-19(11-22(21)36-4-2)30-23(12-33-7-8-37-14-33)32-25(17)29-15-5-6-18(27)16(9-15)20-13-38-26(31-20)24(28)34/h5-6,9-11,13H,3-4,7-8,12,14H2,1-2H3,(H2,28,34)(H,29,30,32). The highest BCUT2D eigenvalue weighted by atomic mass is 32.2. The van der Waals surface area contributed by atoms with Gasteiger partial charge in [0.1, 0.15) is 17.5 Å². The van der Waals surface area contributed by atoms with E-state index in [0.717, 1.165) is 34.9 Å². The van der Waals surface area contributed by atoms with Gasteiger partial charge in [-0.1, -0.05) is 0 Å². The van der Waals surface area contributed by atoms with Crippen molar-refractivity contribution < 1.29 is 18.7 Å². The van der Waals surface area contributed by atoms with Crippen LogP contribution in [0, 0.1) is 5.82 Å². The largest absolute Gasteiger partial charge is 0.490 e. The number of rotatable bonds is 10. The summed E-state index contributed by atoms with van der Waals surface area (Å²) in [5, 5.41) is 5.82. The number of anilines is 2. The number of benzene rings is 2. The van der Waals surface area contributed by atoms with Crippen molar-refractivity contribution >= 4 is 51.4 Å². The summed E-state index contributed by atoms with van der Waals surface area (Å²) < 4.78 is 26.4. The second-order valence-electron chi connectivity index (χ2n) is 8.48. The Bertz CT molecular complexity index is 1480. The average Bonchev–Trinajstić information content (AvgIpc) is 3.59. The molecule has 1 fully saturated rings. The number of thioether (sulfide) groups is 1. The predicted molar refractivity (Wildman–Crippen MR) is 149 cm³/mol. The van der Waals surface area contributed by atoms with Gasteiger partial charge in [0.15, 0.2) is 16.5 Å². The zero-order valence-corrected chi connectivity index (χ0v) is 22.6. The molecule has 1 aliphatic rings. The Kier molecular flexibility index (Phi) is 7.91. The van der Waals surface area contributed by atoms with Crippen LogP contribution >= 0.6 is 23.1 Å². The molecule has 1 saturated heterocycles. The molecule has 0 atom stereocenters. The van der Waals surface area contributed by atoms with E-state index < -0.39 is 11.7 Å². The van der Waals surface area contributed by atoms with Crippen molar-refractivity contribution in [1.82, 2.24) is 19.9 Å². The predicted octanol–water partition coefficient (Wildman–Crippen LogP) is 5.04. The van der Waals surface area contributed by atoms with Crippen LogP contribution in [0.15, 0.2) is 35.7 Å². The number of nitrogens with one attached hydrogen (secondary N) is 1. The number of primary amides is 1. The van der Waals surface area contributed by atoms with Crippen molar-refractivity contribution in [3.63, 3.8) is 0 Å². The summed E-state index contributed by atoms with van der Waals surface area (Å²) in [6, 6.07) is 8.35. The van der Waals surface area contributed by atoms with Crippen LogP contribution in [0.4, 0.5) is 15.9 Å². The van der Waals surface area contributed by atoms with Gasteiger partial charge in [-0.2, -0.15) is 0 Å². The normalized spacial score (nSPS) is 13.7. The number of nitrogens with two attached hydrogens (primary N) is 1. The maximum absolute atomic E-state index is 14.8. The van der Waals surface area contributed by atoms with E-state index in [-0.39, 0.29) is 10.6 Å². The van der Waals surface area contributed by atoms with Crippen molar-refractivity contribution in [1.29, 1.82) is 0 Å². The summed E-state index contributed by atoms with van der Waals surface area (Å²) in [7, 11) is 0. The fourth-order valence-corrected chi connectivity index (χ4v) is 5.78. The maximum Gasteiger partial charge on any atom is 0.277 e. The van der Waals surface area contributed by atoms with E-state index in [1.807, 2.05) is 37.7 Å². The van der Waals surface area contributed by atoms with Gasteiger partial charge in [0.25, 0.3) is 5.91 Å². The fourth-order valence-electron chi connectivity index (χ4n) is 4.11. The molecule has 0 saturated carbocycles. The Hall–Kier alpha value is -3.48. The van der Waals surface area contributed by atoms with Crippen molar-refractivity contribution in [3.8, 4) is 22.8 Å². The number of amides is 1. The molecule has 9 nitrogen and oxygen atoms in total. The van der Waals surface area contributed by atoms with Crippen LogP contribution in [0.1, 0.15) is 29.5 Å². The molecule has 0 unspecified atom stereocenters. The number of carbonyl (C=O) groups is 1. The number of ether oxygens (including phenoxy) is 2. The van der Waals surface area contributed by atoms with E-state index in [9.17, 15) is 9.18 Å². The molecule has 2 aromatic heterocycles. The average molecular weight is 555 g/mol. The van der Waals surface area contributed by atoms with Crippen LogP contribution in [0.3, 0.4) is 0 Å². The van der Waals surface area contributed by atoms with Gasteiger partial charge in [-0.25, -0.2) is 19.3 Å². The fraction of sp³-hybridized carbons (Fsp3) is 0.308. The molecule has 4 aromatic rings. The van der Waals surface area contributed by atoms with Gasteiger partial charge in [-0.05, 0) is 38.1 Å². The van der Waals surface area contributed by atoms with Crippen molar-refractivity contribution in [2.45, 2.75) is 20.4 Å². The minimum Gasteiger partial charge on any atom is -0.490 e. The van der Waals surface area contributed by atoms with Gasteiger partial charge in [-0.15, -0.1) is 23.1 Å². The number of fused-ring (bicyclic) bond motifs is 1. The lowest BCUT2D eigenvalue weighted by Crippen LogP contribution is -2.20. The molecule has 1 amide bonds. The number of aromatic nitrogens is 3. The molecule has 0 radical (unpaired) electrons. The summed E-state index contributed by atoms with van der Waals surface area (Å²) in [6.07, 6.45) is 0. The van der Waals surface area contributed by atoms with Crippen molar-refractivity contribution in [3.05, 3.63) is 52.4 Å². The summed E-state index contributed by atoms with van der Waals surface area (Å²) >= 11 is 2.96. The molecule has 38 heavy (non-hydrogen) atoms. The lowest BCUT2D eigenvalue weighted by Gasteiger charge is -2.17. The Morgan fingerprint density at radius 3 is 2.61 bits per heavy atom. The molecule has 0 bridgehead atoms. The van der Waals surface area contributed by atoms with Crippen LogP contribution in [0.5, 0.6) is 11.5 Å². The summed E-state index contributed by atoms with van der Waals surface area (Å²) in [5.74, 6) is 3.35. The first-order chi connectivity index (χ1) is 18.4. The quantitative estimate of drug-likeness (QED) is 0.278. The SMILES string of the molecule is CCOc1cc2nc(CN3CCSC3)nc(Nc3ccc(F)c(-c4csc(C(N)=O)n4)c3)c2cc1OCC. The van der Waals surface area contributed by atoms with Gasteiger partial charge < -0.3 is 20.5 Å². The third-order valence-electron chi connectivity index (χ3n) is 5.82. The molecule has 198 valence electrons. The smallest absolute Gasteiger partial charge is 0.277 e. The molecule has 1 aliphatic heterocycles. The van der Waals surface area contributed by atoms with Crippen LogP contribution in [0.25, 0.3) is 22.2 Å². The lowest BCUT2D eigenvalue weighted by molar-refractivity contribution is 0.1000. The molecule has 3 N–H and O–H groups in total. The van der Waals surface area contributed by atoms with Gasteiger partial charge in [-0.3, -0.25) is 9.69 Å². The zero-order chi connectivity index (χ0) is 26.6. The van der Waals surface area contributed by atoms with Crippen LogP contribution < -0.4 is 20.5 Å². The summed E-state index contributed by atoms with van der Waals surface area (Å²) in [6.45, 7) is 6.39. The Morgan fingerprint density at radius 2 is 1.92 bits per heavy atom. The monoisotopic (exact) mass is 554 g/mol. The lowest BCUT2D eigenvalue weighted by atomic mass is 10.1. The van der Waals surface area contributed by atoms with E-state index in [1.165, 1.54) is 6.07 Å². The van der Waals surface area contributed by atoms with E-state index in [1.54, 1.807) is 17.5 Å². The zero-order valence-electron chi connectivity index (χ0n) is 21.0. The van der Waals surface area contributed by atoms with Gasteiger partial charge >= 0.3 is 0 Å². The van der Waals surface area contributed by atoms with E-state index in [2.05, 4.69) is 15.2 Å². The first kappa shape index (κ1) is 26.1. The van der Waals surface area contributed by atoms with Gasteiger partial charge in [0.2, 0.25) is 0 Å². The first-order valence-corrected chi connectivity index (χ1v) is 14.2. The van der Waals surface area contributed by atoms with Crippen LogP contribution in [-0.2, 0) is 6.54 Å². The molecule has 5 rings (SSSR count). The number of hydrogen-bond donors (Lipinski definition) is 2. The number of carbonyl (C=O) groups excluding carboxylic acids is 1. The number of hydrogen-bond acceptors (Lipinski definition) is 10. The van der Waals surface area contributed by atoms with Gasteiger partial charge in [0, 0.05) is 46.3 Å². The van der Waals surface area contributed by atoms with Crippen molar-refractivity contribution in [2.75, 3.05) is 36.7 Å². The maximum atomic E-state index is 14.8. The van der Waals surface area contributed by atoms with Gasteiger partial charge in [0.05, 0.1) is 31.0 Å². The molecular weight excluding hydrogens is 527 g/mol. The number of thiazole rings is 1. The molecule has 3 heterocycles. The molecule has 12 heteroatoms. The summed E-state index contributed by atoms with van der Waals surface area (Å²) in [4.78, 5) is 27.6. The summed E-state index contributed by atoms with van der Waals surface area (Å²) in [5.41, 5.74) is 7.23. The Balaban J connectivity index is 1.57. The number of nitrogens with zero attached hydrogens (tertiary/aromatic N) is 4. The van der Waals surface area contributed by atoms with Crippen LogP contribution in [-0.4, -0.2) is 57.1 Å². The highest BCUT2D eigenvalue weighted by Crippen LogP contribution is 2.36. The second kappa shape index (κ2) is 11.5. The highest BCUT2D eigenvalue weighted by Gasteiger charge is 2.19. The minimum absolute atomic E-state index is 0.123. The molecule has 0 aliphatic carbocycles. The molecule has 2 aromatic carbocycles. The topological polar surface area (TPSA) is 115 Å². The van der Waals surface area contributed by atoms with Crippen LogP contribution in [0.2, 0.25) is 0 Å². The van der Waals surface area contributed by atoms with Crippen molar-refractivity contribution in [2.24, 2.45) is 5.73 Å². The Morgan fingerprint density at radius 1 is 1.13 bits per heavy atom. The third-order valence-corrected chi connectivity index (χ3v) is 7.69. The third kappa shape index (κ3) is 5.66. The van der Waals surface area contributed by atoms with E-state index in [0.29, 0.717) is 59.8 Å². The number of halogens is 1. The minimum atomic E-state index is -0.649. The molecular formula is C26H27FN6O3S2.